The van der Waals surface area contributed by atoms with Crippen LogP contribution in [0.25, 0.3) is 0 Å². The van der Waals surface area contributed by atoms with E-state index in [9.17, 15) is 19.2 Å². The average molecular weight is 487 g/mol. The number of carbonyl (C=O) groups excluding carboxylic acids is 4. The van der Waals surface area contributed by atoms with Gasteiger partial charge in [0.1, 0.15) is 24.4 Å². The summed E-state index contributed by atoms with van der Waals surface area (Å²) in [6, 6.07) is 4.44. The van der Waals surface area contributed by atoms with Crippen molar-refractivity contribution in [1.82, 2.24) is 31.2 Å². The smallest absolute Gasteiger partial charge is 0.255 e. The van der Waals surface area contributed by atoms with Crippen molar-refractivity contribution < 1.29 is 28.7 Å². The molecule has 2 aromatic rings. The van der Waals surface area contributed by atoms with Crippen LogP contribution in [0.2, 0.25) is 0 Å². The van der Waals surface area contributed by atoms with Crippen LogP contribution < -0.4 is 26.0 Å². The van der Waals surface area contributed by atoms with Gasteiger partial charge >= 0.3 is 0 Å². The average Bonchev–Trinajstić information content (AvgIpc) is 3.36. The van der Waals surface area contributed by atoms with Crippen LogP contribution in [0.4, 0.5) is 0 Å². The number of para-hydroxylation sites is 1. The fourth-order valence-electron chi connectivity index (χ4n) is 3.46. The van der Waals surface area contributed by atoms with Crippen LogP contribution >= 0.6 is 0 Å². The molecule has 0 aliphatic carbocycles. The first kappa shape index (κ1) is 25.7. The van der Waals surface area contributed by atoms with Gasteiger partial charge in [-0.3, -0.25) is 19.2 Å². The van der Waals surface area contributed by atoms with Gasteiger partial charge in [0.15, 0.2) is 0 Å². The van der Waals surface area contributed by atoms with Crippen molar-refractivity contribution in [2.24, 2.45) is 0 Å². The topological polar surface area (TPSA) is 164 Å². The van der Waals surface area contributed by atoms with Crippen molar-refractivity contribution in [2.45, 2.75) is 31.8 Å². The van der Waals surface area contributed by atoms with E-state index in [-0.39, 0.29) is 44.7 Å². The summed E-state index contributed by atoms with van der Waals surface area (Å²) in [6.07, 6.45) is 2.82. The van der Waals surface area contributed by atoms with E-state index in [0.717, 1.165) is 0 Å². The molecule has 1 aromatic heterocycles. The second-order valence-electron chi connectivity index (χ2n) is 7.75. The standard InChI is InChI=1S/C23H30N6O6/c1-2-34-9-7-25-23(33)18-12-20(30)28-17(11-15-13-24-14-27-15)22(32)26-8-10-35-19-6-4-3-5-16(19)21(31)29-18/h3-6,13-14,17-18H,2,7-12H2,1H3,(H,24,27)(H,25,33)(H,26,32)(H,28,30)(H,29,31)/t17-,18-/m0/s1. The molecule has 12 heteroatoms. The molecule has 0 spiro atoms. The van der Waals surface area contributed by atoms with Crippen molar-refractivity contribution in [3.05, 3.63) is 48.0 Å². The highest BCUT2D eigenvalue weighted by molar-refractivity contribution is 6.01. The quantitative estimate of drug-likeness (QED) is 0.323. The lowest BCUT2D eigenvalue weighted by Crippen LogP contribution is -2.53. The number of hydrogen-bond donors (Lipinski definition) is 5. The molecule has 1 aliphatic heterocycles. The van der Waals surface area contributed by atoms with Crippen molar-refractivity contribution in [3.63, 3.8) is 0 Å². The minimum Gasteiger partial charge on any atom is -0.491 e. The first-order valence-corrected chi connectivity index (χ1v) is 11.4. The van der Waals surface area contributed by atoms with Gasteiger partial charge in [0, 0.05) is 31.5 Å². The zero-order chi connectivity index (χ0) is 25.0. The number of benzene rings is 1. The lowest BCUT2D eigenvalue weighted by atomic mass is 10.1. The number of aromatic amines is 1. The predicted molar refractivity (Wildman–Crippen MR) is 125 cm³/mol. The van der Waals surface area contributed by atoms with Gasteiger partial charge in [-0.05, 0) is 19.1 Å². The summed E-state index contributed by atoms with van der Waals surface area (Å²) in [4.78, 5) is 58.3. The fraction of sp³-hybridized carbons (Fsp3) is 0.435. The number of hydrogen-bond acceptors (Lipinski definition) is 7. The van der Waals surface area contributed by atoms with Gasteiger partial charge in [0.25, 0.3) is 5.91 Å². The highest BCUT2D eigenvalue weighted by Gasteiger charge is 2.28. The number of imidazole rings is 1. The van der Waals surface area contributed by atoms with Crippen molar-refractivity contribution in [2.75, 3.05) is 32.9 Å². The molecule has 0 saturated carbocycles. The Bertz CT molecular complexity index is 1010. The number of nitrogens with one attached hydrogen (secondary N) is 5. The highest BCUT2D eigenvalue weighted by Crippen LogP contribution is 2.18. The third-order valence-electron chi connectivity index (χ3n) is 5.18. The number of rotatable bonds is 7. The first-order valence-electron chi connectivity index (χ1n) is 11.4. The molecule has 0 fully saturated rings. The van der Waals surface area contributed by atoms with Crippen LogP contribution in [0.3, 0.4) is 0 Å². The molecule has 12 nitrogen and oxygen atoms in total. The molecule has 0 radical (unpaired) electrons. The van der Waals surface area contributed by atoms with Crippen LogP contribution in [0, 0.1) is 0 Å². The molecule has 0 saturated heterocycles. The SMILES string of the molecule is CCOCCNC(=O)[C@@H]1CC(=O)N[C@@H](Cc2cnc[nH]2)C(=O)NCCOc2ccccc2C(=O)N1. The second-order valence-corrected chi connectivity index (χ2v) is 7.75. The Morgan fingerprint density at radius 1 is 1.23 bits per heavy atom. The molecule has 4 amide bonds. The van der Waals surface area contributed by atoms with E-state index in [0.29, 0.717) is 18.1 Å². The van der Waals surface area contributed by atoms with E-state index in [1.807, 2.05) is 6.92 Å². The summed E-state index contributed by atoms with van der Waals surface area (Å²) in [5.41, 5.74) is 0.857. The third kappa shape index (κ3) is 7.81. The predicted octanol–water partition coefficient (Wildman–Crippen LogP) is -0.713. The normalized spacial score (nSPS) is 19.3. The van der Waals surface area contributed by atoms with E-state index in [1.165, 1.54) is 6.33 Å². The molecule has 0 bridgehead atoms. The molecule has 188 valence electrons. The number of ether oxygens (including phenoxy) is 2. The zero-order valence-corrected chi connectivity index (χ0v) is 19.5. The van der Waals surface area contributed by atoms with E-state index >= 15 is 0 Å². The molecule has 5 N–H and O–H groups in total. The van der Waals surface area contributed by atoms with E-state index in [4.69, 9.17) is 9.47 Å². The Kier molecular flexibility index (Phi) is 9.60. The van der Waals surface area contributed by atoms with Gasteiger partial charge in [0.05, 0.1) is 31.5 Å². The van der Waals surface area contributed by atoms with Crippen LogP contribution in [-0.4, -0.2) is 78.6 Å². The van der Waals surface area contributed by atoms with Crippen LogP contribution in [0.15, 0.2) is 36.8 Å². The Morgan fingerprint density at radius 3 is 2.83 bits per heavy atom. The third-order valence-corrected chi connectivity index (χ3v) is 5.18. The van der Waals surface area contributed by atoms with Gasteiger partial charge in [-0.1, -0.05) is 12.1 Å². The molecule has 2 atom stereocenters. The maximum atomic E-state index is 13.0. The van der Waals surface area contributed by atoms with Gasteiger partial charge in [-0.15, -0.1) is 0 Å². The lowest BCUT2D eigenvalue weighted by molar-refractivity contribution is -0.131. The van der Waals surface area contributed by atoms with Gasteiger partial charge in [-0.25, -0.2) is 4.98 Å². The molecule has 0 unspecified atom stereocenters. The highest BCUT2D eigenvalue weighted by atomic mass is 16.5. The van der Waals surface area contributed by atoms with Crippen molar-refractivity contribution in [3.8, 4) is 5.75 Å². The molecule has 1 aliphatic rings. The first-order chi connectivity index (χ1) is 17.0. The number of fused-ring (bicyclic) bond motifs is 1. The van der Waals surface area contributed by atoms with Crippen LogP contribution in [0.1, 0.15) is 29.4 Å². The Labute approximate surface area is 202 Å². The van der Waals surface area contributed by atoms with E-state index in [1.54, 1.807) is 30.5 Å². The van der Waals surface area contributed by atoms with Crippen molar-refractivity contribution in [1.29, 1.82) is 0 Å². The Balaban J connectivity index is 1.82. The van der Waals surface area contributed by atoms with Gasteiger partial charge in [0.2, 0.25) is 17.7 Å². The van der Waals surface area contributed by atoms with Crippen molar-refractivity contribution >= 4 is 23.6 Å². The summed E-state index contributed by atoms with van der Waals surface area (Å²) >= 11 is 0. The maximum absolute atomic E-state index is 13.0. The van der Waals surface area contributed by atoms with Crippen LogP contribution in [-0.2, 0) is 25.5 Å². The second kappa shape index (κ2) is 13.1. The van der Waals surface area contributed by atoms with E-state index in [2.05, 4.69) is 31.2 Å². The number of amides is 4. The number of aromatic nitrogens is 2. The number of carbonyl (C=O) groups is 4. The summed E-state index contributed by atoms with van der Waals surface area (Å²) in [5.74, 6) is -1.80. The van der Waals surface area contributed by atoms with Crippen LogP contribution in [0.5, 0.6) is 5.75 Å². The van der Waals surface area contributed by atoms with Gasteiger partial charge < -0.3 is 35.7 Å². The number of H-pyrrole nitrogens is 1. The molecule has 3 rings (SSSR count). The lowest BCUT2D eigenvalue weighted by Gasteiger charge is -2.23. The molecular formula is C23H30N6O6. The summed E-state index contributed by atoms with van der Waals surface area (Å²) in [5, 5.41) is 10.7. The molecular weight excluding hydrogens is 456 g/mol. The molecule has 2 heterocycles. The zero-order valence-electron chi connectivity index (χ0n) is 19.5. The maximum Gasteiger partial charge on any atom is 0.255 e. The van der Waals surface area contributed by atoms with E-state index < -0.39 is 35.7 Å². The summed E-state index contributed by atoms with van der Waals surface area (Å²) < 4.78 is 10.9. The largest absolute Gasteiger partial charge is 0.491 e. The fourth-order valence-corrected chi connectivity index (χ4v) is 3.46. The Morgan fingerprint density at radius 2 is 2.06 bits per heavy atom. The van der Waals surface area contributed by atoms with Gasteiger partial charge in [-0.2, -0.15) is 0 Å². The monoisotopic (exact) mass is 486 g/mol. The molecule has 35 heavy (non-hydrogen) atoms. The summed E-state index contributed by atoms with van der Waals surface area (Å²) in [7, 11) is 0. The Hall–Kier alpha value is -3.93. The minimum absolute atomic E-state index is 0.0993. The minimum atomic E-state index is -1.18. The summed E-state index contributed by atoms with van der Waals surface area (Å²) in [6.45, 7) is 3.09. The number of nitrogens with zero attached hydrogens (tertiary/aromatic N) is 1. The molecule has 1 aromatic carbocycles.